The summed E-state index contributed by atoms with van der Waals surface area (Å²) in [6.07, 6.45) is 5.51. The smallest absolute Gasteiger partial charge is 0.246 e. The van der Waals surface area contributed by atoms with Gasteiger partial charge in [-0.05, 0) is 18.4 Å². The van der Waals surface area contributed by atoms with Gasteiger partial charge in [-0.1, -0.05) is 30.3 Å². The monoisotopic (exact) mass is 392 g/mol. The van der Waals surface area contributed by atoms with Gasteiger partial charge in [-0.25, -0.2) is 15.0 Å². The van der Waals surface area contributed by atoms with Crippen molar-refractivity contribution in [2.24, 2.45) is 11.0 Å². The van der Waals surface area contributed by atoms with Crippen molar-refractivity contribution in [1.29, 1.82) is 0 Å². The molecule has 1 aromatic heterocycles. The lowest BCUT2D eigenvalue weighted by Crippen LogP contribution is -2.41. The molecule has 1 N–H and O–H groups in total. The van der Waals surface area contributed by atoms with Crippen molar-refractivity contribution in [2.45, 2.75) is 32.2 Å². The molecular weight excluding hydrogens is 368 g/mol. The summed E-state index contributed by atoms with van der Waals surface area (Å²) in [6, 6.07) is 11.8. The van der Waals surface area contributed by atoms with Gasteiger partial charge in [0.05, 0.1) is 6.04 Å². The van der Waals surface area contributed by atoms with Crippen molar-refractivity contribution in [3.05, 3.63) is 48.3 Å². The number of hydrazone groups is 1. The first-order chi connectivity index (χ1) is 14.1. The zero-order valence-corrected chi connectivity index (χ0v) is 16.4. The number of hydrogen-bond donors (Lipinski definition) is 1. The summed E-state index contributed by atoms with van der Waals surface area (Å²) in [5, 5.41) is 8.71. The fourth-order valence-corrected chi connectivity index (χ4v) is 3.89. The average molecular weight is 392 g/mol. The molecule has 4 rings (SSSR count). The molecule has 1 unspecified atom stereocenters. The third kappa shape index (κ3) is 4.26. The Labute approximate surface area is 169 Å². The first-order valence-electron chi connectivity index (χ1n) is 9.87. The number of aromatic nitrogens is 2. The summed E-state index contributed by atoms with van der Waals surface area (Å²) in [5.41, 5.74) is 1.11. The molecular formula is C21H24N6O2. The van der Waals surface area contributed by atoms with Gasteiger partial charge in [0.15, 0.2) is 0 Å². The van der Waals surface area contributed by atoms with Crippen LogP contribution in [0.25, 0.3) is 0 Å². The lowest BCUT2D eigenvalue weighted by Gasteiger charge is -2.34. The fourth-order valence-electron chi connectivity index (χ4n) is 3.89. The molecule has 8 heteroatoms. The van der Waals surface area contributed by atoms with Crippen molar-refractivity contribution in [3.63, 3.8) is 0 Å². The molecule has 1 atom stereocenters. The highest BCUT2D eigenvalue weighted by molar-refractivity contribution is 5.88. The lowest BCUT2D eigenvalue weighted by atomic mass is 9.94. The fraction of sp³-hybridized carbons (Fsp3) is 0.381. The van der Waals surface area contributed by atoms with Crippen molar-refractivity contribution in [3.8, 4) is 0 Å². The molecule has 0 saturated carbocycles. The molecule has 150 valence electrons. The van der Waals surface area contributed by atoms with Gasteiger partial charge in [-0.3, -0.25) is 9.59 Å². The zero-order chi connectivity index (χ0) is 20.2. The van der Waals surface area contributed by atoms with Gasteiger partial charge >= 0.3 is 0 Å². The molecule has 8 nitrogen and oxygen atoms in total. The number of hydrogen-bond acceptors (Lipinski definition) is 6. The van der Waals surface area contributed by atoms with Crippen LogP contribution in [-0.4, -0.2) is 46.1 Å². The van der Waals surface area contributed by atoms with E-state index in [4.69, 9.17) is 0 Å². The molecule has 2 aliphatic rings. The second kappa shape index (κ2) is 8.38. The lowest BCUT2D eigenvalue weighted by molar-refractivity contribution is -0.138. The first kappa shape index (κ1) is 19.0. The predicted molar refractivity (Wildman–Crippen MR) is 110 cm³/mol. The van der Waals surface area contributed by atoms with Gasteiger partial charge in [0.2, 0.25) is 11.8 Å². The van der Waals surface area contributed by atoms with Crippen LogP contribution in [0.15, 0.2) is 47.8 Å². The van der Waals surface area contributed by atoms with Crippen LogP contribution in [0.5, 0.6) is 0 Å². The van der Waals surface area contributed by atoms with E-state index in [0.717, 1.165) is 43.7 Å². The highest BCUT2D eigenvalue weighted by Gasteiger charge is 2.34. The molecule has 0 spiro atoms. The van der Waals surface area contributed by atoms with Crippen LogP contribution in [-0.2, 0) is 9.59 Å². The summed E-state index contributed by atoms with van der Waals surface area (Å²) in [6.45, 7) is 2.89. The number of amides is 2. The van der Waals surface area contributed by atoms with Crippen LogP contribution in [0.3, 0.4) is 0 Å². The number of carbonyl (C=O) groups is 2. The molecule has 29 heavy (non-hydrogen) atoms. The SMILES string of the molecule is CC(=O)Nc1cc(N2CCC(C(=O)N3N=CCC3c3ccccc3)CC2)ncn1. The quantitative estimate of drug-likeness (QED) is 0.864. The summed E-state index contributed by atoms with van der Waals surface area (Å²) >= 11 is 0. The minimum absolute atomic E-state index is 0.0104. The molecule has 2 aliphatic heterocycles. The molecule has 0 radical (unpaired) electrons. The van der Waals surface area contributed by atoms with E-state index in [2.05, 4.69) is 25.3 Å². The minimum Gasteiger partial charge on any atom is -0.356 e. The first-order valence-corrected chi connectivity index (χ1v) is 9.87. The third-order valence-electron chi connectivity index (χ3n) is 5.37. The van der Waals surface area contributed by atoms with E-state index in [0.29, 0.717) is 5.82 Å². The number of benzene rings is 1. The zero-order valence-electron chi connectivity index (χ0n) is 16.4. The molecule has 0 bridgehead atoms. The Morgan fingerprint density at radius 3 is 2.59 bits per heavy atom. The Hall–Kier alpha value is -3.29. The summed E-state index contributed by atoms with van der Waals surface area (Å²) in [7, 11) is 0. The van der Waals surface area contributed by atoms with Crippen LogP contribution in [0.2, 0.25) is 0 Å². The standard InChI is InChI=1S/C21H24N6O2/c1-15(28)25-19-13-20(23-14-22-19)26-11-8-17(9-12-26)21(29)27-18(7-10-24-27)16-5-3-2-4-6-16/h2-6,10,13-14,17-18H,7-9,11-12H2,1H3,(H,22,23,25,28). The highest BCUT2D eigenvalue weighted by Crippen LogP contribution is 2.32. The highest BCUT2D eigenvalue weighted by atomic mass is 16.2. The van der Waals surface area contributed by atoms with Gasteiger partial charge in [0, 0.05) is 44.6 Å². The van der Waals surface area contributed by atoms with Crippen LogP contribution >= 0.6 is 0 Å². The van der Waals surface area contributed by atoms with E-state index in [9.17, 15) is 9.59 Å². The largest absolute Gasteiger partial charge is 0.356 e. The van der Waals surface area contributed by atoms with Gasteiger partial charge in [0.25, 0.3) is 0 Å². The topological polar surface area (TPSA) is 90.8 Å². The number of nitrogens with one attached hydrogen (secondary N) is 1. The summed E-state index contributed by atoms with van der Waals surface area (Å²) < 4.78 is 0. The van der Waals surface area contributed by atoms with Gasteiger partial charge in [0.1, 0.15) is 18.0 Å². The molecule has 3 heterocycles. The van der Waals surface area contributed by atoms with E-state index in [1.807, 2.05) is 36.5 Å². The summed E-state index contributed by atoms with van der Waals surface area (Å²) in [5.74, 6) is 1.12. The van der Waals surface area contributed by atoms with E-state index in [-0.39, 0.29) is 23.8 Å². The van der Waals surface area contributed by atoms with Crippen molar-refractivity contribution in [2.75, 3.05) is 23.3 Å². The Morgan fingerprint density at radius 2 is 1.86 bits per heavy atom. The minimum atomic E-state index is -0.168. The molecule has 1 saturated heterocycles. The van der Waals surface area contributed by atoms with E-state index in [1.165, 1.54) is 13.3 Å². The van der Waals surface area contributed by atoms with Crippen molar-refractivity contribution < 1.29 is 9.59 Å². The van der Waals surface area contributed by atoms with Crippen LogP contribution in [0.1, 0.15) is 37.8 Å². The normalized spacial score (nSPS) is 19.4. The summed E-state index contributed by atoms with van der Waals surface area (Å²) in [4.78, 5) is 34.9. The average Bonchev–Trinajstić information content (AvgIpc) is 3.24. The maximum absolute atomic E-state index is 13.1. The van der Waals surface area contributed by atoms with Gasteiger partial charge in [-0.15, -0.1) is 0 Å². The molecule has 2 aromatic rings. The van der Waals surface area contributed by atoms with Gasteiger partial charge < -0.3 is 10.2 Å². The van der Waals surface area contributed by atoms with Crippen LogP contribution < -0.4 is 10.2 Å². The predicted octanol–water partition coefficient (Wildman–Crippen LogP) is 2.61. The maximum Gasteiger partial charge on any atom is 0.246 e. The maximum atomic E-state index is 13.1. The number of nitrogens with zero attached hydrogens (tertiary/aromatic N) is 5. The van der Waals surface area contributed by atoms with E-state index >= 15 is 0 Å². The van der Waals surface area contributed by atoms with Crippen LogP contribution in [0, 0.1) is 5.92 Å². The number of carbonyl (C=O) groups excluding carboxylic acids is 2. The Balaban J connectivity index is 1.39. The van der Waals surface area contributed by atoms with E-state index < -0.39 is 0 Å². The van der Waals surface area contributed by atoms with Crippen molar-refractivity contribution in [1.82, 2.24) is 15.0 Å². The molecule has 1 aromatic carbocycles. The Kier molecular flexibility index (Phi) is 5.50. The Bertz CT molecular complexity index is 908. The second-order valence-electron chi connectivity index (χ2n) is 7.35. The van der Waals surface area contributed by atoms with Gasteiger partial charge in [-0.2, -0.15) is 5.10 Å². The van der Waals surface area contributed by atoms with Crippen LogP contribution in [0.4, 0.5) is 11.6 Å². The third-order valence-corrected chi connectivity index (χ3v) is 5.37. The Morgan fingerprint density at radius 1 is 1.10 bits per heavy atom. The second-order valence-corrected chi connectivity index (χ2v) is 7.35. The number of rotatable bonds is 4. The van der Waals surface area contributed by atoms with E-state index in [1.54, 1.807) is 11.1 Å². The van der Waals surface area contributed by atoms with Crippen molar-refractivity contribution >= 4 is 29.7 Å². The molecule has 0 aliphatic carbocycles. The number of piperidine rings is 1. The number of anilines is 2. The molecule has 1 fully saturated rings. The molecule has 2 amide bonds.